The topological polar surface area (TPSA) is 96.3 Å². The monoisotopic (exact) mass is 553 g/mol. The van der Waals surface area contributed by atoms with Gasteiger partial charge in [-0.3, -0.25) is 19.1 Å². The summed E-state index contributed by atoms with van der Waals surface area (Å²) in [4.78, 5) is 39.4. The van der Waals surface area contributed by atoms with Crippen molar-refractivity contribution >= 4 is 23.4 Å². The fourth-order valence-electron chi connectivity index (χ4n) is 4.94. The summed E-state index contributed by atoms with van der Waals surface area (Å²) in [5.41, 5.74) is 0.321. The molecule has 0 aliphatic heterocycles. The molecule has 0 bridgehead atoms. The Kier molecular flexibility index (Phi) is 9.73. The highest BCUT2D eigenvalue weighted by molar-refractivity contribution is 6.00. The Morgan fingerprint density at radius 2 is 1.82 bits per heavy atom. The van der Waals surface area contributed by atoms with E-state index >= 15 is 4.39 Å². The zero-order chi connectivity index (χ0) is 28.9. The van der Waals surface area contributed by atoms with Crippen LogP contribution in [0.2, 0.25) is 0 Å². The van der Waals surface area contributed by atoms with Crippen molar-refractivity contribution in [1.29, 1.82) is 0 Å². The van der Waals surface area contributed by atoms with E-state index in [-0.39, 0.29) is 17.2 Å². The third-order valence-corrected chi connectivity index (χ3v) is 7.26. The second kappa shape index (κ2) is 12.6. The maximum Gasteiger partial charge on any atom is 0.406 e. The van der Waals surface area contributed by atoms with Gasteiger partial charge in [-0.1, -0.05) is 25.8 Å². The molecule has 2 atom stereocenters. The number of hydrogen-bond donors (Lipinski definition) is 2. The molecule has 1 heterocycles. The van der Waals surface area contributed by atoms with Gasteiger partial charge >= 0.3 is 6.18 Å². The zero-order valence-corrected chi connectivity index (χ0v) is 22.5. The first-order chi connectivity index (χ1) is 18.3. The summed E-state index contributed by atoms with van der Waals surface area (Å²) in [5, 5.41) is 9.47. The van der Waals surface area contributed by atoms with E-state index in [1.54, 1.807) is 6.07 Å². The van der Waals surface area contributed by atoms with Gasteiger partial charge in [-0.15, -0.1) is 0 Å². The van der Waals surface area contributed by atoms with Crippen LogP contribution in [0.3, 0.4) is 0 Å². The Hall–Kier alpha value is -3.44. The lowest BCUT2D eigenvalue weighted by atomic mass is 9.79. The third-order valence-electron chi connectivity index (χ3n) is 7.26. The van der Waals surface area contributed by atoms with E-state index in [0.29, 0.717) is 23.1 Å². The van der Waals surface area contributed by atoms with Crippen molar-refractivity contribution in [3.05, 3.63) is 47.5 Å². The van der Waals surface area contributed by atoms with Crippen LogP contribution < -0.4 is 10.6 Å². The number of likely N-dealkylation sites (N-methyl/N-ethyl adjacent to an activating group) is 1. The summed E-state index contributed by atoms with van der Waals surface area (Å²) in [6, 6.07) is 4.32. The van der Waals surface area contributed by atoms with Crippen LogP contribution in [0.25, 0.3) is 0 Å². The number of halogens is 4. The molecule has 1 aromatic heterocycles. The molecule has 1 aliphatic rings. The Labute approximate surface area is 225 Å². The number of amides is 3. The van der Waals surface area contributed by atoms with Crippen LogP contribution in [0, 0.1) is 17.7 Å². The number of carbonyl (C=O) groups excluding carboxylic acids is 3. The van der Waals surface area contributed by atoms with Crippen LogP contribution in [0.15, 0.2) is 30.5 Å². The van der Waals surface area contributed by atoms with Crippen LogP contribution in [-0.2, 0) is 16.1 Å². The van der Waals surface area contributed by atoms with Gasteiger partial charge in [0.1, 0.15) is 24.1 Å². The van der Waals surface area contributed by atoms with Crippen LogP contribution in [0.4, 0.5) is 23.2 Å². The molecule has 2 aromatic rings. The highest BCUT2D eigenvalue weighted by Gasteiger charge is 2.35. The molecule has 0 unspecified atom stereocenters. The summed E-state index contributed by atoms with van der Waals surface area (Å²) in [5.74, 6) is -3.37. The van der Waals surface area contributed by atoms with E-state index in [1.165, 1.54) is 29.9 Å². The first-order valence-corrected chi connectivity index (χ1v) is 13.0. The smallest absolute Gasteiger partial charge is 0.339 e. The summed E-state index contributed by atoms with van der Waals surface area (Å²) in [6.07, 6.45) is 0.184. The van der Waals surface area contributed by atoms with E-state index in [2.05, 4.69) is 22.7 Å². The largest absolute Gasteiger partial charge is 0.406 e. The van der Waals surface area contributed by atoms with Crippen molar-refractivity contribution in [2.24, 2.45) is 11.8 Å². The van der Waals surface area contributed by atoms with E-state index in [0.717, 1.165) is 38.8 Å². The molecule has 0 spiro atoms. The van der Waals surface area contributed by atoms with Crippen LogP contribution in [0.5, 0.6) is 0 Å². The fraction of sp³-hybridized carbons (Fsp3) is 0.556. The predicted molar refractivity (Wildman–Crippen MR) is 137 cm³/mol. The van der Waals surface area contributed by atoms with E-state index in [1.807, 2.05) is 6.92 Å². The van der Waals surface area contributed by atoms with Gasteiger partial charge in [0.15, 0.2) is 0 Å². The minimum absolute atomic E-state index is 0.146. The molecule has 39 heavy (non-hydrogen) atoms. The van der Waals surface area contributed by atoms with Crippen molar-refractivity contribution in [1.82, 2.24) is 20.0 Å². The second-order valence-corrected chi connectivity index (χ2v) is 10.3. The second-order valence-electron chi connectivity index (χ2n) is 10.3. The number of anilines is 1. The molecule has 3 rings (SSSR count). The molecule has 214 valence electrons. The van der Waals surface area contributed by atoms with Gasteiger partial charge in [-0.05, 0) is 62.3 Å². The Morgan fingerprint density at radius 3 is 2.41 bits per heavy atom. The van der Waals surface area contributed by atoms with E-state index in [9.17, 15) is 27.6 Å². The predicted octanol–water partition coefficient (Wildman–Crippen LogP) is 4.73. The van der Waals surface area contributed by atoms with Crippen LogP contribution in [0.1, 0.15) is 68.4 Å². The van der Waals surface area contributed by atoms with E-state index in [4.69, 9.17) is 0 Å². The molecule has 8 nitrogen and oxygen atoms in total. The number of nitrogens with one attached hydrogen (secondary N) is 2. The lowest BCUT2D eigenvalue weighted by Gasteiger charge is -2.32. The zero-order valence-electron chi connectivity index (χ0n) is 22.5. The lowest BCUT2D eigenvalue weighted by molar-refractivity contribution is -0.159. The third kappa shape index (κ3) is 7.79. The number of alkyl halides is 3. The number of rotatable bonds is 9. The van der Waals surface area contributed by atoms with Crippen molar-refractivity contribution in [2.75, 3.05) is 18.9 Å². The average Bonchev–Trinajstić information content (AvgIpc) is 3.36. The molecule has 3 amide bonds. The summed E-state index contributed by atoms with van der Waals surface area (Å²) in [7, 11) is 1.03. The number of carbonyl (C=O) groups is 3. The molecule has 2 N–H and O–H groups in total. The first kappa shape index (κ1) is 30.1. The number of aromatic nitrogens is 2. The Bertz CT molecular complexity index is 1170. The minimum Gasteiger partial charge on any atom is -0.339 e. The molecular weight excluding hydrogens is 518 g/mol. The first-order valence-electron chi connectivity index (χ1n) is 13.0. The number of hydrogen-bond acceptors (Lipinski definition) is 4. The molecule has 1 saturated carbocycles. The molecular formula is C27H35F4N5O3. The Balaban J connectivity index is 1.76. The Morgan fingerprint density at radius 1 is 1.15 bits per heavy atom. The molecule has 0 radical (unpaired) electrons. The summed E-state index contributed by atoms with van der Waals surface area (Å²) >= 11 is 0. The van der Waals surface area contributed by atoms with Crippen molar-refractivity contribution < 1.29 is 31.9 Å². The molecule has 0 saturated heterocycles. The van der Waals surface area contributed by atoms with Gasteiger partial charge in [-0.25, -0.2) is 4.39 Å². The SMILES string of the molecule is CCn1nccc1C(=O)N[C@H](C(=O)Nc1ccc([C@H](C)C(=O)N(C)CC(F)(F)F)cc1F)[C@H]1CC[C@H](C)CC1. The van der Waals surface area contributed by atoms with Gasteiger partial charge in [0.05, 0.1) is 11.6 Å². The van der Waals surface area contributed by atoms with Crippen molar-refractivity contribution in [3.63, 3.8) is 0 Å². The lowest BCUT2D eigenvalue weighted by Crippen LogP contribution is -2.49. The summed E-state index contributed by atoms with van der Waals surface area (Å²) in [6.45, 7) is 4.41. The van der Waals surface area contributed by atoms with E-state index < -0.39 is 48.2 Å². The van der Waals surface area contributed by atoms with Gasteiger partial charge < -0.3 is 15.5 Å². The number of nitrogens with zero attached hydrogens (tertiary/aromatic N) is 3. The van der Waals surface area contributed by atoms with Gasteiger partial charge in [0.2, 0.25) is 11.8 Å². The number of benzene rings is 1. The quantitative estimate of drug-likeness (QED) is 0.439. The fourth-order valence-corrected chi connectivity index (χ4v) is 4.94. The molecule has 1 aromatic carbocycles. The average molecular weight is 554 g/mol. The van der Waals surface area contributed by atoms with Crippen molar-refractivity contribution in [2.45, 2.75) is 71.1 Å². The standard InChI is InChI=1S/C27H35F4N5O3/c1-5-36-22(12-13-32-36)24(37)34-23(18-8-6-16(2)7-9-18)25(38)33-21-11-10-19(14-20(21)28)17(3)26(39)35(4)15-27(29,30)31/h10-14,16-18,23H,5-9,15H2,1-4H3,(H,33,38)(H,34,37)/t16-,17-,18-,23-/m0/s1. The van der Waals surface area contributed by atoms with Gasteiger partial charge in [0.25, 0.3) is 5.91 Å². The van der Waals surface area contributed by atoms with Gasteiger partial charge in [0, 0.05) is 19.8 Å². The minimum atomic E-state index is -4.55. The number of aryl methyl sites for hydroxylation is 1. The normalized spacial score (nSPS) is 19.2. The van der Waals surface area contributed by atoms with Crippen LogP contribution in [-0.4, -0.2) is 58.2 Å². The highest BCUT2D eigenvalue weighted by atomic mass is 19.4. The molecule has 1 fully saturated rings. The molecule has 12 heteroatoms. The van der Waals surface area contributed by atoms with Crippen molar-refractivity contribution in [3.8, 4) is 0 Å². The summed E-state index contributed by atoms with van der Waals surface area (Å²) < 4.78 is 54.5. The maximum atomic E-state index is 15.0. The van der Waals surface area contributed by atoms with Gasteiger partial charge in [-0.2, -0.15) is 18.3 Å². The highest BCUT2D eigenvalue weighted by Crippen LogP contribution is 2.32. The molecule has 1 aliphatic carbocycles. The van der Waals surface area contributed by atoms with Crippen LogP contribution >= 0.6 is 0 Å². The maximum absolute atomic E-state index is 15.0.